The molecule has 14 nitrogen and oxygen atoms in total. The van der Waals surface area contributed by atoms with Gasteiger partial charge in [-0.05, 0) is 95.3 Å². The number of para-hydroxylation sites is 1. The Bertz CT molecular complexity index is 2240. The Morgan fingerprint density at radius 3 is 2.52 bits per heavy atom. The summed E-state index contributed by atoms with van der Waals surface area (Å²) in [6.07, 6.45) is 6.80. The van der Waals surface area contributed by atoms with Crippen LogP contribution in [0, 0.1) is 28.6 Å². The second-order valence-electron chi connectivity index (χ2n) is 20.9. The summed E-state index contributed by atoms with van der Waals surface area (Å²) in [5.74, 6) is -1.68. The summed E-state index contributed by atoms with van der Waals surface area (Å²) in [6, 6.07) is 7.05. The smallest absolute Gasteiger partial charge is 0.306 e. The molecule has 6 aliphatic rings. The highest BCUT2D eigenvalue weighted by Crippen LogP contribution is 2.57. The van der Waals surface area contributed by atoms with Gasteiger partial charge in [0.2, 0.25) is 27.7 Å². The average molecular weight is 890 g/mol. The normalized spacial score (nSPS) is 31.7. The maximum atomic E-state index is 15.0. The molecule has 2 amide bonds. The summed E-state index contributed by atoms with van der Waals surface area (Å²) in [5, 5.41) is 0.892. The second-order valence-corrected chi connectivity index (χ2v) is 23.1. The van der Waals surface area contributed by atoms with Gasteiger partial charge in [0.1, 0.15) is 24.6 Å². The number of carbonyl (C=O) groups excluding carboxylic acids is 4. The molecule has 8 rings (SSSR count). The predicted octanol–water partition coefficient (Wildman–Crippen LogP) is 5.46. The number of benzene rings is 1. The molecular formula is C48H67N5O9S. The summed E-state index contributed by atoms with van der Waals surface area (Å²) in [7, 11) is 0.292. The van der Waals surface area contributed by atoms with Gasteiger partial charge >= 0.3 is 5.97 Å². The van der Waals surface area contributed by atoms with Gasteiger partial charge in [-0.2, -0.15) is 0 Å². The van der Waals surface area contributed by atoms with Gasteiger partial charge < -0.3 is 24.0 Å². The van der Waals surface area contributed by atoms with Crippen LogP contribution in [-0.2, 0) is 40.4 Å². The third-order valence-corrected chi connectivity index (χ3v) is 17.2. The van der Waals surface area contributed by atoms with Crippen LogP contribution >= 0.6 is 0 Å². The fourth-order valence-electron chi connectivity index (χ4n) is 10.0. The molecule has 1 unspecified atom stereocenters. The summed E-state index contributed by atoms with van der Waals surface area (Å²) in [5.41, 5.74) is -0.426. The van der Waals surface area contributed by atoms with Crippen molar-refractivity contribution in [3.05, 3.63) is 42.5 Å². The van der Waals surface area contributed by atoms with E-state index in [1.54, 1.807) is 13.0 Å². The number of sulfonamides is 1. The first-order valence-corrected chi connectivity index (χ1v) is 24.6. The van der Waals surface area contributed by atoms with Crippen LogP contribution in [0.3, 0.4) is 0 Å². The van der Waals surface area contributed by atoms with E-state index in [1.165, 1.54) is 4.90 Å². The number of piperazine rings is 1. The first-order valence-electron chi connectivity index (χ1n) is 23.1. The zero-order valence-corrected chi connectivity index (χ0v) is 38.8. The van der Waals surface area contributed by atoms with Gasteiger partial charge in [-0.25, -0.2) is 13.4 Å². The number of aromatic nitrogens is 1. The topological polar surface area (TPSA) is 165 Å². The summed E-state index contributed by atoms with van der Waals surface area (Å²) in [6.45, 7) is 14.5. The quantitative estimate of drug-likeness (QED) is 0.237. The number of hydrogen-bond donors (Lipinski definition) is 1. The fraction of sp³-hybridized carbons (Fsp3) is 0.688. The van der Waals surface area contributed by atoms with E-state index in [0.717, 1.165) is 68.4 Å². The van der Waals surface area contributed by atoms with E-state index in [1.807, 2.05) is 45.0 Å². The van der Waals surface area contributed by atoms with Crippen LogP contribution < -0.4 is 14.2 Å². The molecule has 8 atom stereocenters. The van der Waals surface area contributed by atoms with E-state index >= 15 is 0 Å². The standard InChI is InChI=1S/C48H67N5O9S/c1-8-31-25-48(31,45(57)50-63(58,59)47(5)18-19-47)26-39(54)38-23-33-28-53(38)44(56)36(46(2,3)4)24-41(55)62-40-22-30(40)14-10-9-11-16-35-42(60-29-32-27-51(6)20-21-52(32)7)34-15-12-13-17-37(34)49-43(35)61-33/h8,12-13,15,17,30-33,36,38,40H,1,9-11,14,16,18-29H2,2-7H3,(H,50,57)/t30-,31-,32?,33-,36-,38+,40-,48-/m1/s1. The summed E-state index contributed by atoms with van der Waals surface area (Å²) >= 11 is 0. The number of esters is 1. The number of ketones is 1. The number of pyridine rings is 1. The lowest BCUT2D eigenvalue weighted by molar-refractivity contribution is -0.154. The molecule has 1 aromatic carbocycles. The van der Waals surface area contributed by atoms with Crippen molar-refractivity contribution in [1.29, 1.82) is 0 Å². The molecule has 2 bridgehead atoms. The molecule has 3 aliphatic heterocycles. The molecule has 2 aromatic rings. The Morgan fingerprint density at radius 2 is 1.81 bits per heavy atom. The fourth-order valence-corrected chi connectivity index (χ4v) is 11.4. The zero-order chi connectivity index (χ0) is 45.1. The molecule has 1 aromatic heterocycles. The van der Waals surface area contributed by atoms with Crippen LogP contribution in [0.5, 0.6) is 11.6 Å². The van der Waals surface area contributed by atoms with Gasteiger partial charge in [-0.3, -0.25) is 28.8 Å². The minimum atomic E-state index is -3.97. The van der Waals surface area contributed by atoms with Crippen molar-refractivity contribution in [3.8, 4) is 11.6 Å². The number of nitrogens with one attached hydrogen (secondary N) is 1. The van der Waals surface area contributed by atoms with E-state index in [9.17, 15) is 27.6 Å². The third-order valence-electron chi connectivity index (χ3n) is 15.0. The maximum absolute atomic E-state index is 15.0. The van der Waals surface area contributed by atoms with Crippen molar-refractivity contribution < 1.29 is 41.8 Å². The van der Waals surface area contributed by atoms with Crippen molar-refractivity contribution in [2.24, 2.45) is 28.6 Å². The van der Waals surface area contributed by atoms with Gasteiger partial charge in [-0.15, -0.1) is 6.58 Å². The molecule has 3 saturated carbocycles. The molecule has 1 N–H and O–H groups in total. The third kappa shape index (κ3) is 9.52. The summed E-state index contributed by atoms with van der Waals surface area (Å²) < 4.78 is 47.5. The lowest BCUT2D eigenvalue weighted by atomic mass is 9.77. The Labute approximate surface area is 372 Å². The number of nitrogens with zero attached hydrogens (tertiary/aromatic N) is 4. The Morgan fingerprint density at radius 1 is 1.05 bits per heavy atom. The van der Waals surface area contributed by atoms with Crippen LogP contribution in [0.4, 0.5) is 0 Å². The van der Waals surface area contributed by atoms with E-state index in [2.05, 4.69) is 35.2 Å². The second kappa shape index (κ2) is 17.4. The van der Waals surface area contributed by atoms with E-state index in [0.29, 0.717) is 37.3 Å². The minimum absolute atomic E-state index is 0.0434. The number of likely N-dealkylation sites (N-methyl/N-ethyl adjacent to an activating group) is 2. The number of amides is 2. The largest absolute Gasteiger partial charge is 0.491 e. The molecule has 0 radical (unpaired) electrons. The molecule has 344 valence electrons. The number of ether oxygens (including phenoxy) is 3. The molecule has 3 aliphatic carbocycles. The van der Waals surface area contributed by atoms with Crippen LogP contribution in [-0.4, -0.2) is 128 Å². The van der Waals surface area contributed by atoms with Gasteiger partial charge in [0.15, 0.2) is 5.78 Å². The van der Waals surface area contributed by atoms with E-state index < -0.39 is 61.5 Å². The van der Waals surface area contributed by atoms with Crippen molar-refractivity contribution in [3.63, 3.8) is 0 Å². The Balaban J connectivity index is 1.14. The van der Waals surface area contributed by atoms with Crippen molar-refractivity contribution in [2.45, 2.75) is 134 Å². The van der Waals surface area contributed by atoms with Crippen LogP contribution in [0.1, 0.15) is 104 Å². The number of Topliss-reactive ketones (excluding diaryl/α,β-unsaturated/α-hetero) is 1. The molecule has 2 saturated heterocycles. The minimum Gasteiger partial charge on any atom is -0.491 e. The SMILES string of the molecule is C=C[C@@H]1C[C@]1(CC(=O)[C@@H]1C[C@@H]2CN1C(=O)[C@H](C(C)(C)C)CC(=O)O[C@@H]1C[C@H]1CCCCCc1c(nc3ccccc3c1OCC1CN(C)CCN1C)O2)C(=O)NS(=O)(=O)C1(C)CC1. The van der Waals surface area contributed by atoms with Gasteiger partial charge in [-0.1, -0.05) is 51.8 Å². The zero-order valence-electron chi connectivity index (χ0n) is 38.0. The Kier molecular flexibility index (Phi) is 12.5. The monoisotopic (exact) mass is 889 g/mol. The van der Waals surface area contributed by atoms with Gasteiger partial charge in [0, 0.05) is 37.9 Å². The number of fused-ring (bicyclic) bond motifs is 5. The number of carbonyl (C=O) groups is 4. The van der Waals surface area contributed by atoms with Gasteiger partial charge in [0.05, 0.1) is 52.2 Å². The summed E-state index contributed by atoms with van der Waals surface area (Å²) in [4.78, 5) is 68.5. The highest BCUT2D eigenvalue weighted by molar-refractivity contribution is 7.91. The van der Waals surface area contributed by atoms with E-state index in [4.69, 9.17) is 19.2 Å². The highest BCUT2D eigenvalue weighted by Gasteiger charge is 2.62. The highest BCUT2D eigenvalue weighted by atomic mass is 32.2. The lowest BCUT2D eigenvalue weighted by Gasteiger charge is -2.37. The molecule has 63 heavy (non-hydrogen) atoms. The number of rotatable bonds is 10. The maximum Gasteiger partial charge on any atom is 0.306 e. The van der Waals surface area contributed by atoms with Crippen LogP contribution in [0.2, 0.25) is 0 Å². The van der Waals surface area contributed by atoms with Crippen molar-refractivity contribution in [2.75, 3.05) is 46.9 Å². The molecule has 4 heterocycles. The van der Waals surface area contributed by atoms with Gasteiger partial charge in [0.25, 0.3) is 0 Å². The van der Waals surface area contributed by atoms with E-state index in [-0.39, 0.29) is 62.0 Å². The molecule has 5 fully saturated rings. The Hall–Kier alpha value is -4.08. The molecule has 0 spiro atoms. The van der Waals surface area contributed by atoms with Crippen molar-refractivity contribution in [1.82, 2.24) is 24.4 Å². The first-order chi connectivity index (χ1) is 29.8. The number of allylic oxidation sites excluding steroid dienone is 1. The predicted molar refractivity (Wildman–Crippen MR) is 238 cm³/mol. The average Bonchev–Trinajstić information content (AvgIpc) is 4.19. The van der Waals surface area contributed by atoms with Crippen LogP contribution in [0.25, 0.3) is 10.9 Å². The van der Waals surface area contributed by atoms with Crippen molar-refractivity contribution >= 4 is 44.5 Å². The van der Waals surface area contributed by atoms with Crippen LogP contribution in [0.15, 0.2) is 36.9 Å². The molecular weight excluding hydrogens is 823 g/mol. The first kappa shape index (κ1) is 45.5. The number of hydrogen-bond acceptors (Lipinski definition) is 12. The lowest BCUT2D eigenvalue weighted by Crippen LogP contribution is -2.52. The molecule has 15 heteroatoms.